The van der Waals surface area contributed by atoms with Gasteiger partial charge in [0.25, 0.3) is 5.56 Å². The quantitative estimate of drug-likeness (QED) is 0.695. The summed E-state index contributed by atoms with van der Waals surface area (Å²) >= 11 is 0. The number of anilines is 1. The molecule has 19 heavy (non-hydrogen) atoms. The van der Waals surface area contributed by atoms with E-state index in [1.807, 2.05) is 25.1 Å². The zero-order valence-electron chi connectivity index (χ0n) is 10.8. The number of aromatic amines is 1. The summed E-state index contributed by atoms with van der Waals surface area (Å²) in [6.07, 6.45) is 0. The van der Waals surface area contributed by atoms with Crippen LogP contribution in [0, 0.1) is 6.92 Å². The number of benzene rings is 1. The molecule has 0 amide bonds. The number of rotatable bonds is 1. The third-order valence-corrected chi connectivity index (χ3v) is 3.23. The van der Waals surface area contributed by atoms with Crippen LogP contribution in [-0.2, 0) is 7.05 Å². The minimum atomic E-state index is -0.115. The van der Waals surface area contributed by atoms with Crippen LogP contribution in [0.5, 0.6) is 0 Å². The molecule has 2 aromatic heterocycles. The van der Waals surface area contributed by atoms with Crippen LogP contribution in [-0.4, -0.2) is 14.5 Å². The number of aryl methyl sites for hydroxylation is 1. The first kappa shape index (κ1) is 11.5. The van der Waals surface area contributed by atoms with E-state index in [9.17, 15) is 4.79 Å². The van der Waals surface area contributed by atoms with Crippen molar-refractivity contribution in [2.45, 2.75) is 6.92 Å². The van der Waals surface area contributed by atoms with E-state index in [2.05, 4.69) is 9.97 Å². The third kappa shape index (κ3) is 1.89. The Morgan fingerprint density at radius 2 is 2.00 bits per heavy atom. The molecule has 0 aliphatic carbocycles. The van der Waals surface area contributed by atoms with Gasteiger partial charge < -0.3 is 10.7 Å². The van der Waals surface area contributed by atoms with E-state index in [0.29, 0.717) is 5.82 Å². The molecule has 0 saturated heterocycles. The molecule has 1 aromatic carbocycles. The Balaban J connectivity index is 2.21. The van der Waals surface area contributed by atoms with Gasteiger partial charge in [-0.05, 0) is 36.2 Å². The predicted octanol–water partition coefficient (Wildman–Crippen LogP) is 1.82. The summed E-state index contributed by atoms with van der Waals surface area (Å²) in [6.45, 7) is 1.91. The Morgan fingerprint density at radius 1 is 1.21 bits per heavy atom. The van der Waals surface area contributed by atoms with Crippen LogP contribution in [0.15, 0.2) is 35.1 Å². The molecule has 0 bridgehead atoms. The average molecular weight is 254 g/mol. The van der Waals surface area contributed by atoms with Gasteiger partial charge >= 0.3 is 0 Å². The van der Waals surface area contributed by atoms with Gasteiger partial charge in [-0.1, -0.05) is 6.07 Å². The van der Waals surface area contributed by atoms with Crippen LogP contribution in [0.25, 0.3) is 22.2 Å². The summed E-state index contributed by atoms with van der Waals surface area (Å²) in [4.78, 5) is 19.3. The minimum absolute atomic E-state index is 0.115. The summed E-state index contributed by atoms with van der Waals surface area (Å²) < 4.78 is 1.42. The lowest BCUT2D eigenvalue weighted by Gasteiger charge is -2.06. The number of aromatic nitrogens is 3. The molecular weight excluding hydrogens is 240 g/mol. The number of pyridine rings is 1. The molecule has 3 rings (SSSR count). The Hall–Kier alpha value is -2.56. The smallest absolute Gasteiger partial charge is 0.252 e. The van der Waals surface area contributed by atoms with Crippen molar-refractivity contribution in [2.75, 3.05) is 5.73 Å². The van der Waals surface area contributed by atoms with E-state index in [1.54, 1.807) is 19.2 Å². The van der Waals surface area contributed by atoms with Crippen molar-refractivity contribution in [1.82, 2.24) is 14.5 Å². The normalized spacial score (nSPS) is 11.1. The predicted molar refractivity (Wildman–Crippen MR) is 75.9 cm³/mol. The highest BCUT2D eigenvalue weighted by Gasteiger charge is 2.06. The van der Waals surface area contributed by atoms with Crippen LogP contribution in [0.2, 0.25) is 0 Å². The Labute approximate surface area is 109 Å². The van der Waals surface area contributed by atoms with Gasteiger partial charge in [0, 0.05) is 13.1 Å². The first-order valence-electron chi connectivity index (χ1n) is 5.98. The summed E-state index contributed by atoms with van der Waals surface area (Å²) in [5.74, 6) is 1.32. The van der Waals surface area contributed by atoms with E-state index in [0.717, 1.165) is 28.0 Å². The fourth-order valence-electron chi connectivity index (χ4n) is 2.14. The highest BCUT2D eigenvalue weighted by atomic mass is 16.1. The van der Waals surface area contributed by atoms with E-state index in [4.69, 9.17) is 5.73 Å². The summed E-state index contributed by atoms with van der Waals surface area (Å²) in [6, 6.07) is 9.23. The van der Waals surface area contributed by atoms with Gasteiger partial charge in [0.15, 0.2) is 0 Å². The molecule has 0 saturated carbocycles. The zero-order valence-corrected chi connectivity index (χ0v) is 10.8. The zero-order chi connectivity index (χ0) is 13.6. The lowest BCUT2D eigenvalue weighted by molar-refractivity contribution is 0.876. The molecule has 2 heterocycles. The van der Waals surface area contributed by atoms with Crippen molar-refractivity contribution < 1.29 is 0 Å². The fraction of sp³-hybridized carbons (Fsp3) is 0.143. The molecule has 0 unspecified atom stereocenters. The van der Waals surface area contributed by atoms with Gasteiger partial charge in [0.2, 0.25) is 0 Å². The van der Waals surface area contributed by atoms with Crippen LogP contribution in [0.3, 0.4) is 0 Å². The maximum absolute atomic E-state index is 11.8. The molecule has 0 aliphatic heterocycles. The molecule has 0 radical (unpaired) electrons. The first-order chi connectivity index (χ1) is 9.04. The minimum Gasteiger partial charge on any atom is -0.385 e. The lowest BCUT2D eigenvalue weighted by atomic mass is 10.1. The number of H-pyrrole nitrogens is 1. The topological polar surface area (TPSA) is 76.7 Å². The molecule has 0 fully saturated rings. The Morgan fingerprint density at radius 3 is 2.74 bits per heavy atom. The molecule has 0 aliphatic rings. The molecule has 3 aromatic rings. The molecule has 3 N–H and O–H groups in total. The second-order valence-corrected chi connectivity index (χ2v) is 4.62. The lowest BCUT2D eigenvalue weighted by Crippen LogP contribution is -2.18. The van der Waals surface area contributed by atoms with Crippen molar-refractivity contribution in [3.63, 3.8) is 0 Å². The fourth-order valence-corrected chi connectivity index (χ4v) is 2.14. The molecule has 0 atom stereocenters. The van der Waals surface area contributed by atoms with E-state index in [-0.39, 0.29) is 5.56 Å². The van der Waals surface area contributed by atoms with Crippen LogP contribution >= 0.6 is 0 Å². The van der Waals surface area contributed by atoms with Crippen molar-refractivity contribution in [3.05, 3.63) is 46.5 Å². The number of hydrogen-bond donors (Lipinski definition) is 2. The van der Waals surface area contributed by atoms with Crippen molar-refractivity contribution in [2.24, 2.45) is 7.05 Å². The van der Waals surface area contributed by atoms with Gasteiger partial charge in [-0.3, -0.25) is 9.36 Å². The van der Waals surface area contributed by atoms with Gasteiger partial charge in [-0.25, -0.2) is 4.98 Å². The van der Waals surface area contributed by atoms with E-state index >= 15 is 0 Å². The maximum Gasteiger partial charge on any atom is 0.252 e. The van der Waals surface area contributed by atoms with Gasteiger partial charge in [0.1, 0.15) is 11.6 Å². The first-order valence-corrected chi connectivity index (χ1v) is 5.98. The third-order valence-electron chi connectivity index (χ3n) is 3.23. The van der Waals surface area contributed by atoms with Gasteiger partial charge in [-0.15, -0.1) is 0 Å². The van der Waals surface area contributed by atoms with E-state index in [1.165, 1.54) is 4.57 Å². The summed E-state index contributed by atoms with van der Waals surface area (Å²) in [5.41, 5.74) is 9.33. The number of nitrogens with two attached hydrogens (primary N) is 1. The molecule has 5 nitrogen and oxygen atoms in total. The number of hydrogen-bond acceptors (Lipinski definition) is 3. The molecule has 0 spiro atoms. The number of fused-ring (bicyclic) bond motifs is 1. The SMILES string of the molecule is Cc1nc2ccc(-c3cc(N)n(C)c(=O)c3)cc2[nH]1. The monoisotopic (exact) mass is 254 g/mol. The highest BCUT2D eigenvalue weighted by molar-refractivity contribution is 5.82. The number of nitrogens with zero attached hydrogens (tertiary/aromatic N) is 2. The number of imidazole rings is 1. The highest BCUT2D eigenvalue weighted by Crippen LogP contribution is 2.23. The summed E-state index contributed by atoms with van der Waals surface area (Å²) in [5, 5.41) is 0. The Bertz CT molecular complexity index is 829. The van der Waals surface area contributed by atoms with Crippen LogP contribution in [0.1, 0.15) is 5.82 Å². The van der Waals surface area contributed by atoms with Crippen LogP contribution in [0.4, 0.5) is 5.82 Å². The van der Waals surface area contributed by atoms with Crippen molar-refractivity contribution >= 4 is 16.9 Å². The van der Waals surface area contributed by atoms with Crippen molar-refractivity contribution in [3.8, 4) is 11.1 Å². The standard InChI is InChI=1S/C14H14N4O/c1-8-16-11-4-3-9(5-12(11)17-8)10-6-13(15)18(2)14(19)7-10/h3-7H,15H2,1-2H3,(H,16,17). The Kier molecular flexibility index (Phi) is 2.41. The average Bonchev–Trinajstić information content (AvgIpc) is 2.74. The van der Waals surface area contributed by atoms with Crippen LogP contribution < -0.4 is 11.3 Å². The largest absolute Gasteiger partial charge is 0.385 e. The molecule has 5 heteroatoms. The van der Waals surface area contributed by atoms with Gasteiger partial charge in [0.05, 0.1) is 11.0 Å². The van der Waals surface area contributed by atoms with Crippen molar-refractivity contribution in [1.29, 1.82) is 0 Å². The van der Waals surface area contributed by atoms with E-state index < -0.39 is 0 Å². The number of nitrogen functional groups attached to an aromatic ring is 1. The molecule has 96 valence electrons. The maximum atomic E-state index is 11.8. The number of nitrogens with one attached hydrogen (secondary N) is 1. The summed E-state index contributed by atoms with van der Waals surface area (Å²) in [7, 11) is 1.66. The molecular formula is C14H14N4O. The second-order valence-electron chi connectivity index (χ2n) is 4.62. The second kappa shape index (κ2) is 3.98. The van der Waals surface area contributed by atoms with Gasteiger partial charge in [-0.2, -0.15) is 0 Å².